The van der Waals surface area contributed by atoms with Crippen molar-refractivity contribution >= 4 is 22.9 Å². The molecule has 0 unspecified atom stereocenters. The van der Waals surface area contributed by atoms with E-state index in [1.165, 1.54) is 0 Å². The van der Waals surface area contributed by atoms with Gasteiger partial charge < -0.3 is 25.3 Å². The van der Waals surface area contributed by atoms with Gasteiger partial charge >= 0.3 is 0 Å². The number of aliphatic hydroxyl groups excluding tert-OH is 2. The number of fused-ring (bicyclic) bond motifs is 1. The summed E-state index contributed by atoms with van der Waals surface area (Å²) in [4.78, 5) is 14.0. The van der Waals surface area contributed by atoms with E-state index in [0.29, 0.717) is 48.2 Å². The van der Waals surface area contributed by atoms with Gasteiger partial charge in [-0.05, 0) is 43.2 Å². The molecule has 31 heavy (non-hydrogen) atoms. The quantitative estimate of drug-likeness (QED) is 0.473. The van der Waals surface area contributed by atoms with Gasteiger partial charge in [0.25, 0.3) is 0 Å². The van der Waals surface area contributed by atoms with Crippen molar-refractivity contribution in [3.63, 3.8) is 0 Å². The maximum Gasteiger partial charge on any atom is 0.232 e. The number of aryl methyl sites for hydroxylation is 1. The topological polar surface area (TPSA) is 116 Å². The van der Waals surface area contributed by atoms with Gasteiger partial charge in [0.1, 0.15) is 16.9 Å². The van der Waals surface area contributed by atoms with Gasteiger partial charge in [-0.2, -0.15) is 4.98 Å². The Kier molecular flexibility index (Phi) is 5.85. The fraction of sp³-hybridized carbons (Fsp3) is 0.522. The minimum Gasteiger partial charge on any atom is -0.436 e. The Morgan fingerprint density at radius 3 is 2.58 bits per heavy atom. The zero-order valence-corrected chi connectivity index (χ0v) is 18.5. The first-order valence-electron chi connectivity index (χ1n) is 10.8. The smallest absolute Gasteiger partial charge is 0.232 e. The zero-order chi connectivity index (χ0) is 22.2. The summed E-state index contributed by atoms with van der Waals surface area (Å²) >= 11 is 0. The van der Waals surface area contributed by atoms with Crippen LogP contribution < -0.4 is 10.6 Å². The maximum absolute atomic E-state index is 10.5. The molecule has 0 saturated heterocycles. The summed E-state index contributed by atoms with van der Waals surface area (Å²) in [5.74, 6) is 1.59. The number of benzene rings is 1. The number of anilines is 2. The number of hydrogen-bond donors (Lipinski definition) is 4. The molecule has 0 radical (unpaired) electrons. The van der Waals surface area contributed by atoms with Crippen LogP contribution in [0.4, 0.5) is 11.8 Å². The molecule has 1 aliphatic rings. The number of rotatable bonds is 6. The van der Waals surface area contributed by atoms with Crippen LogP contribution in [0.25, 0.3) is 22.6 Å². The number of aliphatic hydroxyl groups is 2. The van der Waals surface area contributed by atoms with E-state index >= 15 is 0 Å². The lowest BCUT2D eigenvalue weighted by atomic mass is 9.97. The Hall–Kier alpha value is -2.71. The summed E-state index contributed by atoms with van der Waals surface area (Å²) < 4.78 is 6.01. The van der Waals surface area contributed by atoms with Crippen molar-refractivity contribution in [3.05, 3.63) is 30.0 Å². The third-order valence-electron chi connectivity index (χ3n) is 5.58. The van der Waals surface area contributed by atoms with Crippen molar-refractivity contribution in [2.24, 2.45) is 11.3 Å². The number of para-hydroxylation sites is 2. The molecular formula is C23H31N5O3. The average molecular weight is 426 g/mol. The van der Waals surface area contributed by atoms with E-state index in [0.717, 1.165) is 11.2 Å². The molecule has 1 saturated carbocycles. The number of nitrogens with zero attached hydrogens (tertiary/aromatic N) is 3. The number of oxazole rings is 1. The van der Waals surface area contributed by atoms with Crippen LogP contribution in [0, 0.1) is 18.3 Å². The molecule has 1 aromatic carbocycles. The maximum atomic E-state index is 10.5. The highest BCUT2D eigenvalue weighted by Crippen LogP contribution is 2.35. The summed E-state index contributed by atoms with van der Waals surface area (Å²) in [6.07, 6.45) is 0.666. The largest absolute Gasteiger partial charge is 0.436 e. The van der Waals surface area contributed by atoms with Crippen molar-refractivity contribution in [2.45, 2.75) is 52.7 Å². The molecule has 2 aromatic heterocycles. The van der Waals surface area contributed by atoms with Crippen molar-refractivity contribution in [1.29, 1.82) is 0 Å². The zero-order valence-electron chi connectivity index (χ0n) is 18.5. The number of aromatic nitrogens is 3. The molecule has 0 spiro atoms. The molecular weight excluding hydrogens is 394 g/mol. The summed E-state index contributed by atoms with van der Waals surface area (Å²) in [7, 11) is 0. The molecule has 4 rings (SSSR count). The van der Waals surface area contributed by atoms with Crippen molar-refractivity contribution in [2.75, 3.05) is 23.8 Å². The SMILES string of the molecule is Cc1nc(NCC(C)(C)C)nc(N[C@@H]2C[C@H](CO)C[C@H]2O)c1-c1nc2ccccc2o1. The van der Waals surface area contributed by atoms with E-state index in [4.69, 9.17) is 9.40 Å². The molecule has 1 fully saturated rings. The Morgan fingerprint density at radius 2 is 1.90 bits per heavy atom. The van der Waals surface area contributed by atoms with Crippen LogP contribution in [-0.2, 0) is 0 Å². The van der Waals surface area contributed by atoms with E-state index in [1.54, 1.807) is 0 Å². The Morgan fingerprint density at radius 1 is 1.13 bits per heavy atom. The normalized spacial score (nSPS) is 21.5. The summed E-state index contributed by atoms with van der Waals surface area (Å²) in [5.41, 5.74) is 2.93. The molecule has 0 aliphatic heterocycles. The van der Waals surface area contributed by atoms with Gasteiger partial charge in [-0.25, -0.2) is 9.97 Å². The van der Waals surface area contributed by atoms with Crippen LogP contribution in [0.15, 0.2) is 28.7 Å². The molecule has 2 heterocycles. The number of nitrogens with one attached hydrogen (secondary N) is 2. The lowest BCUT2D eigenvalue weighted by Crippen LogP contribution is -2.29. The summed E-state index contributed by atoms with van der Waals surface area (Å²) in [6.45, 7) is 9.11. The van der Waals surface area contributed by atoms with Crippen LogP contribution in [0.1, 0.15) is 39.3 Å². The highest BCUT2D eigenvalue weighted by molar-refractivity contribution is 5.80. The molecule has 0 bridgehead atoms. The first-order valence-corrected chi connectivity index (χ1v) is 10.8. The molecule has 1 aliphatic carbocycles. The lowest BCUT2D eigenvalue weighted by molar-refractivity contribution is 0.157. The minimum absolute atomic E-state index is 0.0639. The second-order valence-electron chi connectivity index (χ2n) is 9.60. The lowest BCUT2D eigenvalue weighted by Gasteiger charge is -2.22. The van der Waals surface area contributed by atoms with Crippen LogP contribution in [0.5, 0.6) is 0 Å². The molecule has 3 aromatic rings. The van der Waals surface area contributed by atoms with Crippen LogP contribution >= 0.6 is 0 Å². The van der Waals surface area contributed by atoms with E-state index < -0.39 is 6.10 Å². The number of hydrogen-bond acceptors (Lipinski definition) is 8. The van der Waals surface area contributed by atoms with E-state index in [-0.39, 0.29) is 24.0 Å². The second kappa shape index (κ2) is 8.43. The highest BCUT2D eigenvalue weighted by atomic mass is 16.3. The van der Waals surface area contributed by atoms with Crippen molar-refractivity contribution in [1.82, 2.24) is 15.0 Å². The first kappa shape index (κ1) is 21.5. The molecule has 8 nitrogen and oxygen atoms in total. The minimum atomic E-state index is -0.560. The van der Waals surface area contributed by atoms with Gasteiger partial charge in [0, 0.05) is 13.2 Å². The standard InChI is InChI=1S/C23H31N5O3/c1-13-19(21-27-15-7-5-6-8-18(15)31-21)20(26-16-9-14(11-29)10-17(16)30)28-22(25-13)24-12-23(2,3)4/h5-8,14,16-17,29-30H,9-12H2,1-4H3,(H2,24,25,26,28)/t14-,16+,17+/m0/s1. The summed E-state index contributed by atoms with van der Waals surface area (Å²) in [5, 5.41) is 26.7. The second-order valence-corrected chi connectivity index (χ2v) is 9.60. The Balaban J connectivity index is 1.73. The van der Waals surface area contributed by atoms with Gasteiger partial charge in [0.15, 0.2) is 5.58 Å². The predicted molar refractivity (Wildman–Crippen MR) is 121 cm³/mol. The highest BCUT2D eigenvalue weighted by Gasteiger charge is 2.34. The van der Waals surface area contributed by atoms with Crippen molar-refractivity contribution in [3.8, 4) is 11.5 Å². The Bertz CT molecular complexity index is 1030. The average Bonchev–Trinajstić information content (AvgIpc) is 3.28. The van der Waals surface area contributed by atoms with Crippen molar-refractivity contribution < 1.29 is 14.6 Å². The summed E-state index contributed by atoms with van der Waals surface area (Å²) in [6, 6.07) is 7.38. The Labute approximate surface area is 182 Å². The van der Waals surface area contributed by atoms with Gasteiger partial charge in [-0.1, -0.05) is 32.9 Å². The molecule has 166 valence electrons. The third kappa shape index (κ3) is 4.80. The third-order valence-corrected chi connectivity index (χ3v) is 5.58. The van der Waals surface area contributed by atoms with Crippen LogP contribution in [-0.4, -0.2) is 50.5 Å². The van der Waals surface area contributed by atoms with E-state index in [1.807, 2.05) is 31.2 Å². The van der Waals surface area contributed by atoms with Crippen LogP contribution in [0.2, 0.25) is 0 Å². The predicted octanol–water partition coefficient (Wildman–Crippen LogP) is 3.59. The van der Waals surface area contributed by atoms with E-state index in [9.17, 15) is 10.2 Å². The fourth-order valence-electron chi connectivity index (χ4n) is 3.93. The fourth-order valence-corrected chi connectivity index (χ4v) is 3.93. The molecule has 3 atom stereocenters. The van der Waals surface area contributed by atoms with Gasteiger partial charge in [0.2, 0.25) is 11.8 Å². The first-order chi connectivity index (χ1) is 14.7. The molecule has 0 amide bonds. The van der Waals surface area contributed by atoms with Gasteiger partial charge in [-0.3, -0.25) is 0 Å². The van der Waals surface area contributed by atoms with Crippen LogP contribution in [0.3, 0.4) is 0 Å². The molecule has 4 N–H and O–H groups in total. The molecule has 8 heteroatoms. The van der Waals surface area contributed by atoms with E-state index in [2.05, 4.69) is 41.4 Å². The van der Waals surface area contributed by atoms with Gasteiger partial charge in [0.05, 0.1) is 17.8 Å². The monoisotopic (exact) mass is 425 g/mol. The van der Waals surface area contributed by atoms with Gasteiger partial charge in [-0.15, -0.1) is 0 Å².